The molecule has 2 aromatic carbocycles. The molecule has 3 rings (SSSR count). The summed E-state index contributed by atoms with van der Waals surface area (Å²) < 4.78 is 11.8. The summed E-state index contributed by atoms with van der Waals surface area (Å²) in [6.07, 6.45) is 1.81. The Bertz CT molecular complexity index is 1190. The van der Waals surface area contributed by atoms with E-state index < -0.39 is 23.2 Å². The van der Waals surface area contributed by atoms with Crippen LogP contribution in [-0.2, 0) is 0 Å². The fourth-order valence-corrected chi connectivity index (χ4v) is 11.5. The first-order valence-corrected chi connectivity index (χ1v) is 12.9. The van der Waals surface area contributed by atoms with Gasteiger partial charge in [0, 0.05) is 0 Å². The van der Waals surface area contributed by atoms with Gasteiger partial charge < -0.3 is 0 Å². The maximum absolute atomic E-state index is 10.2. The van der Waals surface area contributed by atoms with Gasteiger partial charge in [0.2, 0.25) is 0 Å². The number of hydrogen-bond donors (Lipinski definition) is 0. The van der Waals surface area contributed by atoms with E-state index in [9.17, 15) is 26.3 Å². The molecule has 0 saturated carbocycles. The van der Waals surface area contributed by atoms with Gasteiger partial charge in [0.25, 0.3) is 0 Å². The average molecular weight is 452 g/mol. The first-order valence-electron chi connectivity index (χ1n) is 8.13. The summed E-state index contributed by atoms with van der Waals surface area (Å²) >= 11 is 0. The van der Waals surface area contributed by atoms with Gasteiger partial charge in [0.05, 0.1) is 0 Å². The average Bonchev–Trinajstić information content (AvgIpc) is 2.81. The molecular weight excluding hydrogens is 441 g/mol. The van der Waals surface area contributed by atoms with Crippen LogP contribution in [0, 0.1) is 55.7 Å². The monoisotopic (exact) mass is 452 g/mol. The minimum atomic E-state index is -4.39. The van der Waals surface area contributed by atoms with E-state index in [0.717, 1.165) is 9.05 Å². The van der Waals surface area contributed by atoms with Crippen LogP contribution in [0.1, 0.15) is 0 Å². The Morgan fingerprint density at radius 1 is 0.867 bits per heavy atom. The van der Waals surface area contributed by atoms with Gasteiger partial charge in [0.1, 0.15) is 0 Å². The molecule has 0 spiro atoms. The van der Waals surface area contributed by atoms with Crippen molar-refractivity contribution < 1.29 is 9.36 Å². The second-order valence-electron chi connectivity index (χ2n) is 5.50. The van der Waals surface area contributed by atoms with Gasteiger partial charge in [-0.05, 0) is 0 Å². The van der Waals surface area contributed by atoms with Crippen LogP contribution in [0.25, 0.3) is 0 Å². The van der Waals surface area contributed by atoms with Crippen LogP contribution in [0.4, 0.5) is 0 Å². The summed E-state index contributed by atoms with van der Waals surface area (Å²) in [5, 5.41) is 49.3. The molecule has 0 aliphatic carbocycles. The van der Waals surface area contributed by atoms with Crippen LogP contribution in [0.2, 0.25) is 0 Å². The Morgan fingerprint density at radius 3 is 1.90 bits per heavy atom. The van der Waals surface area contributed by atoms with Crippen molar-refractivity contribution in [3.63, 3.8) is 0 Å². The zero-order valence-corrected chi connectivity index (χ0v) is 17.9. The van der Waals surface area contributed by atoms with E-state index in [2.05, 4.69) is 4.52 Å². The van der Waals surface area contributed by atoms with Crippen LogP contribution < -0.4 is 9.36 Å². The summed E-state index contributed by atoms with van der Waals surface area (Å²) in [6, 6.07) is 16.3. The van der Waals surface area contributed by atoms with Gasteiger partial charge in [-0.1, -0.05) is 0 Å². The zero-order valence-electron chi connectivity index (χ0n) is 15.1. The summed E-state index contributed by atoms with van der Waals surface area (Å²) in [7, 11) is -10.6. The standard InChI is InChI=1S/C17H11N8O2P3/c18-11-24-28(12-19)23-29(13-20,14-21)25(26-16-7-3-1-4-8-16)30(24,15-22)27-17-9-5-2-6-10-17/h1-10,30H. The Morgan fingerprint density at radius 2 is 1.43 bits per heavy atom. The van der Waals surface area contributed by atoms with Gasteiger partial charge in [-0.2, -0.15) is 0 Å². The van der Waals surface area contributed by atoms with Gasteiger partial charge in [-0.25, -0.2) is 0 Å². The van der Waals surface area contributed by atoms with Crippen molar-refractivity contribution >= 4 is 23.2 Å². The first kappa shape index (κ1) is 21.1. The van der Waals surface area contributed by atoms with E-state index in [1.165, 1.54) is 0 Å². The summed E-state index contributed by atoms with van der Waals surface area (Å²) in [5.74, 6) is 7.92. The summed E-state index contributed by atoms with van der Waals surface area (Å²) in [4.78, 5) is 5.82. The predicted molar refractivity (Wildman–Crippen MR) is 110 cm³/mol. The van der Waals surface area contributed by atoms with Crippen LogP contribution >= 0.6 is 23.2 Å². The molecule has 13 heteroatoms. The van der Waals surface area contributed by atoms with Crippen molar-refractivity contribution in [1.82, 2.24) is 9.05 Å². The number of nitriles is 5. The van der Waals surface area contributed by atoms with E-state index in [-0.39, 0.29) is 11.5 Å². The molecule has 0 fully saturated rings. The van der Waals surface area contributed by atoms with Gasteiger partial charge in [-0.3, -0.25) is 0 Å². The maximum atomic E-state index is 10.2. The number of benzene rings is 2. The van der Waals surface area contributed by atoms with Crippen molar-refractivity contribution in [2.45, 2.75) is 0 Å². The number of para-hydroxylation sites is 2. The Kier molecular flexibility index (Phi) is 6.17. The Balaban J connectivity index is 2.30. The summed E-state index contributed by atoms with van der Waals surface area (Å²) in [6.45, 7) is 0. The van der Waals surface area contributed by atoms with E-state index in [1.54, 1.807) is 66.9 Å². The molecular formula is C17H11N8O2P3. The van der Waals surface area contributed by atoms with Crippen LogP contribution in [-0.4, -0.2) is 9.05 Å². The Labute approximate surface area is 174 Å². The first-order chi connectivity index (χ1) is 14.6. The van der Waals surface area contributed by atoms with Gasteiger partial charge in [0.15, 0.2) is 0 Å². The fourth-order valence-electron chi connectivity index (χ4n) is 2.47. The normalized spacial score (nSPS) is 19.8. The molecule has 1 unspecified atom stereocenters. The van der Waals surface area contributed by atoms with Crippen molar-refractivity contribution in [3.05, 3.63) is 60.7 Å². The van der Waals surface area contributed by atoms with Crippen LogP contribution in [0.15, 0.2) is 65.2 Å². The zero-order chi connectivity index (χ0) is 21.6. The molecule has 0 bridgehead atoms. The van der Waals surface area contributed by atoms with Crippen LogP contribution in [0.3, 0.4) is 0 Å². The molecule has 0 aromatic heterocycles. The quantitative estimate of drug-likeness (QED) is 0.460. The van der Waals surface area contributed by atoms with Crippen molar-refractivity contribution in [1.29, 1.82) is 26.3 Å². The second kappa shape index (κ2) is 8.78. The topological polar surface area (TPSA) is 156 Å². The molecule has 10 nitrogen and oxygen atoms in total. The fraction of sp³-hybridized carbons (Fsp3) is 0. The molecule has 0 N–H and O–H groups in total. The number of nitrogens with zero attached hydrogens (tertiary/aromatic N) is 8. The minimum absolute atomic E-state index is 0.215. The summed E-state index contributed by atoms with van der Waals surface area (Å²) in [5.41, 5.74) is 0. The molecule has 30 heavy (non-hydrogen) atoms. The molecule has 0 radical (unpaired) electrons. The molecule has 1 atom stereocenters. The van der Waals surface area contributed by atoms with Crippen molar-refractivity contribution in [2.24, 2.45) is 4.52 Å². The predicted octanol–water partition coefficient (Wildman–Crippen LogP) is 5.01. The van der Waals surface area contributed by atoms with Crippen molar-refractivity contribution in [3.8, 4) is 40.9 Å². The second-order valence-corrected chi connectivity index (χ2v) is 12.6. The van der Waals surface area contributed by atoms with E-state index in [0.29, 0.717) is 0 Å². The van der Waals surface area contributed by atoms with Crippen molar-refractivity contribution in [2.75, 3.05) is 0 Å². The van der Waals surface area contributed by atoms with Crippen LogP contribution in [0.5, 0.6) is 11.5 Å². The SMILES string of the molecule is N#CN1P(C#N)N=P(C#N)(C#N)N(Oc2ccccc2)[PH]1(C#N)Oc1ccccc1. The molecule has 2 aromatic rings. The van der Waals surface area contributed by atoms with E-state index in [1.807, 2.05) is 23.2 Å². The molecule has 0 saturated heterocycles. The van der Waals surface area contributed by atoms with Gasteiger partial charge in [-0.15, -0.1) is 0 Å². The molecule has 0 amide bonds. The molecule has 1 aliphatic rings. The number of rotatable bonds is 4. The van der Waals surface area contributed by atoms with E-state index in [4.69, 9.17) is 9.36 Å². The third-order valence-electron chi connectivity index (χ3n) is 3.76. The van der Waals surface area contributed by atoms with Gasteiger partial charge >= 0.3 is 174 Å². The third-order valence-corrected chi connectivity index (χ3v) is 12.4. The molecule has 1 heterocycles. The molecule has 1 aliphatic heterocycles. The number of hydrogen-bond acceptors (Lipinski definition) is 10. The molecule has 146 valence electrons. The van der Waals surface area contributed by atoms with E-state index >= 15 is 0 Å². The third kappa shape index (κ3) is 3.52. The Hall–Kier alpha value is -3.66.